The fraction of sp³-hybridized carbons (Fsp3) is 0.267. The number of halogens is 2. The zero-order valence-corrected chi connectivity index (χ0v) is 12.3. The van der Waals surface area contributed by atoms with Crippen LogP contribution in [0.3, 0.4) is 0 Å². The molecular formula is C15H16BrFN2. The maximum absolute atomic E-state index is 13.5. The molecule has 0 amide bonds. The van der Waals surface area contributed by atoms with Crippen molar-refractivity contribution in [2.24, 2.45) is 0 Å². The van der Waals surface area contributed by atoms with E-state index in [1.165, 1.54) is 6.07 Å². The number of benzene rings is 1. The van der Waals surface area contributed by atoms with E-state index in [1.807, 2.05) is 24.3 Å². The first-order chi connectivity index (χ1) is 9.22. The Morgan fingerprint density at radius 3 is 2.79 bits per heavy atom. The largest absolute Gasteiger partial charge is 0.309 e. The van der Waals surface area contributed by atoms with Crippen LogP contribution in [-0.4, -0.2) is 11.5 Å². The van der Waals surface area contributed by atoms with Crippen molar-refractivity contribution in [3.05, 3.63) is 64.1 Å². The molecule has 1 aromatic heterocycles. The second-order valence-electron chi connectivity index (χ2n) is 4.28. The Labute approximate surface area is 121 Å². The average Bonchev–Trinajstić information content (AvgIpc) is 2.44. The third-order valence-corrected chi connectivity index (χ3v) is 3.84. The van der Waals surface area contributed by atoms with Gasteiger partial charge in [0.2, 0.25) is 0 Å². The zero-order chi connectivity index (χ0) is 13.7. The third-order valence-electron chi connectivity index (χ3n) is 2.95. The van der Waals surface area contributed by atoms with Crippen LogP contribution in [0.5, 0.6) is 0 Å². The Bertz CT molecular complexity index is 531. The summed E-state index contributed by atoms with van der Waals surface area (Å²) in [5.74, 6) is -0.228. The first-order valence-electron chi connectivity index (χ1n) is 6.29. The number of nitrogens with one attached hydrogen (secondary N) is 1. The van der Waals surface area contributed by atoms with E-state index in [0.29, 0.717) is 10.9 Å². The molecule has 0 spiro atoms. The number of rotatable bonds is 5. The molecule has 1 atom stereocenters. The summed E-state index contributed by atoms with van der Waals surface area (Å²) in [7, 11) is 0. The fourth-order valence-corrected chi connectivity index (χ4v) is 2.46. The van der Waals surface area contributed by atoms with Crippen LogP contribution in [0, 0.1) is 5.82 Å². The number of pyridine rings is 1. The van der Waals surface area contributed by atoms with Crippen LogP contribution in [0.4, 0.5) is 4.39 Å². The van der Waals surface area contributed by atoms with Crippen molar-refractivity contribution in [2.45, 2.75) is 19.4 Å². The van der Waals surface area contributed by atoms with Gasteiger partial charge < -0.3 is 5.32 Å². The number of aromatic nitrogens is 1. The molecule has 0 fully saturated rings. The van der Waals surface area contributed by atoms with Crippen LogP contribution in [0.1, 0.15) is 24.2 Å². The molecule has 0 saturated heterocycles. The predicted octanol–water partition coefficient (Wildman–Crippen LogP) is 3.88. The average molecular weight is 323 g/mol. The van der Waals surface area contributed by atoms with Gasteiger partial charge in [0.15, 0.2) is 0 Å². The Morgan fingerprint density at radius 1 is 1.26 bits per heavy atom. The highest BCUT2D eigenvalue weighted by molar-refractivity contribution is 9.10. The van der Waals surface area contributed by atoms with E-state index >= 15 is 0 Å². The molecule has 0 saturated carbocycles. The summed E-state index contributed by atoms with van der Waals surface area (Å²) >= 11 is 3.31. The van der Waals surface area contributed by atoms with E-state index in [2.05, 4.69) is 33.2 Å². The minimum Gasteiger partial charge on any atom is -0.309 e. The van der Waals surface area contributed by atoms with E-state index in [0.717, 1.165) is 17.8 Å². The quantitative estimate of drug-likeness (QED) is 0.903. The Morgan fingerprint density at radius 2 is 2.11 bits per heavy atom. The molecule has 1 N–H and O–H groups in total. The van der Waals surface area contributed by atoms with Gasteiger partial charge in [-0.15, -0.1) is 0 Å². The van der Waals surface area contributed by atoms with Crippen LogP contribution in [0.2, 0.25) is 0 Å². The molecule has 1 heterocycles. The van der Waals surface area contributed by atoms with Crippen molar-refractivity contribution < 1.29 is 4.39 Å². The predicted molar refractivity (Wildman–Crippen MR) is 78.5 cm³/mol. The normalized spacial score (nSPS) is 12.4. The molecule has 0 radical (unpaired) electrons. The van der Waals surface area contributed by atoms with Gasteiger partial charge in [-0.25, -0.2) is 4.39 Å². The van der Waals surface area contributed by atoms with Gasteiger partial charge in [-0.3, -0.25) is 4.98 Å². The van der Waals surface area contributed by atoms with E-state index < -0.39 is 0 Å². The van der Waals surface area contributed by atoms with Gasteiger partial charge in [0.25, 0.3) is 0 Å². The Hall–Kier alpha value is -1.26. The van der Waals surface area contributed by atoms with Crippen LogP contribution < -0.4 is 5.32 Å². The van der Waals surface area contributed by atoms with Gasteiger partial charge in [-0.05, 0) is 52.7 Å². The van der Waals surface area contributed by atoms with Gasteiger partial charge in [0, 0.05) is 6.20 Å². The van der Waals surface area contributed by atoms with Gasteiger partial charge in [-0.1, -0.05) is 25.1 Å². The number of hydrogen-bond acceptors (Lipinski definition) is 2. The molecule has 0 aliphatic carbocycles. The molecule has 100 valence electrons. The second-order valence-corrected chi connectivity index (χ2v) is 5.07. The lowest BCUT2D eigenvalue weighted by atomic mass is 10.0. The lowest BCUT2D eigenvalue weighted by molar-refractivity contribution is 0.532. The topological polar surface area (TPSA) is 24.9 Å². The van der Waals surface area contributed by atoms with E-state index in [4.69, 9.17) is 0 Å². The van der Waals surface area contributed by atoms with Crippen LogP contribution in [0.25, 0.3) is 0 Å². The lowest BCUT2D eigenvalue weighted by Crippen LogP contribution is -2.24. The first kappa shape index (κ1) is 14.2. The highest BCUT2D eigenvalue weighted by Gasteiger charge is 2.15. The van der Waals surface area contributed by atoms with E-state index in [1.54, 1.807) is 12.3 Å². The molecule has 2 nitrogen and oxygen atoms in total. The molecule has 19 heavy (non-hydrogen) atoms. The summed E-state index contributed by atoms with van der Waals surface area (Å²) in [6, 6.07) is 11.1. The molecule has 0 aliphatic rings. The van der Waals surface area contributed by atoms with Crippen LogP contribution in [0.15, 0.2) is 47.1 Å². The molecule has 4 heteroatoms. The number of hydrogen-bond donors (Lipinski definition) is 1. The minimum atomic E-state index is -0.228. The minimum absolute atomic E-state index is 0.0873. The first-order valence-corrected chi connectivity index (χ1v) is 7.09. The van der Waals surface area contributed by atoms with Crippen molar-refractivity contribution in [2.75, 3.05) is 6.54 Å². The highest BCUT2D eigenvalue weighted by atomic mass is 79.9. The maximum Gasteiger partial charge on any atom is 0.137 e. The van der Waals surface area contributed by atoms with E-state index in [-0.39, 0.29) is 11.9 Å². The summed E-state index contributed by atoms with van der Waals surface area (Å²) in [6.45, 7) is 2.89. The zero-order valence-electron chi connectivity index (χ0n) is 10.7. The monoisotopic (exact) mass is 322 g/mol. The lowest BCUT2D eigenvalue weighted by Gasteiger charge is -2.18. The van der Waals surface area contributed by atoms with Crippen LogP contribution >= 0.6 is 15.9 Å². The third kappa shape index (κ3) is 3.61. The fourth-order valence-electron chi connectivity index (χ4n) is 2.04. The smallest absolute Gasteiger partial charge is 0.137 e. The highest BCUT2D eigenvalue weighted by Crippen LogP contribution is 2.25. The molecule has 0 bridgehead atoms. The van der Waals surface area contributed by atoms with Crippen molar-refractivity contribution in [3.63, 3.8) is 0 Å². The molecule has 2 aromatic rings. The number of nitrogens with zero attached hydrogens (tertiary/aromatic N) is 1. The summed E-state index contributed by atoms with van der Waals surface area (Å²) in [5, 5.41) is 3.39. The van der Waals surface area contributed by atoms with Crippen molar-refractivity contribution >= 4 is 15.9 Å². The van der Waals surface area contributed by atoms with E-state index in [9.17, 15) is 4.39 Å². The summed E-state index contributed by atoms with van der Waals surface area (Å²) < 4.78 is 14.1. The van der Waals surface area contributed by atoms with Gasteiger partial charge in [0.05, 0.1) is 16.2 Å². The Kier molecular flexibility index (Phi) is 5.05. The SMILES string of the molecule is CCNC(Cc1cccc(F)c1Br)c1ccccn1. The standard InChI is InChI=1S/C15H16BrFN2/c1-2-18-14(13-8-3-4-9-19-13)10-11-6-5-7-12(17)15(11)16/h3-9,14,18H,2,10H2,1H3. The summed E-state index contributed by atoms with van der Waals surface area (Å²) in [6.07, 6.45) is 2.48. The maximum atomic E-state index is 13.5. The van der Waals surface area contributed by atoms with Gasteiger partial charge in [-0.2, -0.15) is 0 Å². The molecule has 0 aliphatic heterocycles. The second kappa shape index (κ2) is 6.78. The van der Waals surface area contributed by atoms with Gasteiger partial charge >= 0.3 is 0 Å². The summed E-state index contributed by atoms with van der Waals surface area (Å²) in [5.41, 5.74) is 1.91. The molecule has 1 aromatic carbocycles. The van der Waals surface area contributed by atoms with Crippen LogP contribution in [-0.2, 0) is 6.42 Å². The Balaban J connectivity index is 2.24. The van der Waals surface area contributed by atoms with Crippen molar-refractivity contribution in [1.29, 1.82) is 0 Å². The number of likely N-dealkylation sites (N-methyl/N-ethyl adjacent to an activating group) is 1. The molecule has 2 rings (SSSR count). The van der Waals surface area contributed by atoms with Crippen molar-refractivity contribution in [1.82, 2.24) is 10.3 Å². The molecular weight excluding hydrogens is 307 g/mol. The van der Waals surface area contributed by atoms with Gasteiger partial charge in [0.1, 0.15) is 5.82 Å². The van der Waals surface area contributed by atoms with Crippen molar-refractivity contribution in [3.8, 4) is 0 Å². The molecule has 1 unspecified atom stereocenters. The summed E-state index contributed by atoms with van der Waals surface area (Å²) in [4.78, 5) is 4.37.